The minimum atomic E-state index is -0.309. The third kappa shape index (κ3) is 3.75. The first kappa shape index (κ1) is 18.6. The van der Waals surface area contributed by atoms with E-state index in [0.29, 0.717) is 16.9 Å². The monoisotopic (exact) mass is 396 g/mol. The van der Waals surface area contributed by atoms with E-state index in [1.807, 2.05) is 34.1 Å². The summed E-state index contributed by atoms with van der Waals surface area (Å²) in [6, 6.07) is 12.2. The Morgan fingerprint density at radius 3 is 2.75 bits per heavy atom. The number of hydrogen-bond donors (Lipinski definition) is 1. The molecule has 144 valence electrons. The van der Waals surface area contributed by atoms with Gasteiger partial charge in [0, 0.05) is 42.4 Å². The predicted octanol–water partition coefficient (Wildman–Crippen LogP) is 4.59. The summed E-state index contributed by atoms with van der Waals surface area (Å²) in [7, 11) is 0. The normalized spacial score (nSPS) is 13.7. The van der Waals surface area contributed by atoms with Crippen molar-refractivity contribution < 1.29 is 9.18 Å². The minimum Gasteiger partial charge on any atom is -0.369 e. The molecular formula is C21H21FN4OS. The summed E-state index contributed by atoms with van der Waals surface area (Å²) in [6.07, 6.45) is 7.71. The van der Waals surface area contributed by atoms with Crippen molar-refractivity contribution in [2.24, 2.45) is 0 Å². The summed E-state index contributed by atoms with van der Waals surface area (Å²) in [4.78, 5) is 19.0. The van der Waals surface area contributed by atoms with Crippen molar-refractivity contribution in [3.05, 3.63) is 66.2 Å². The number of benzene rings is 2. The van der Waals surface area contributed by atoms with Crippen molar-refractivity contribution in [3.8, 4) is 5.69 Å². The van der Waals surface area contributed by atoms with Gasteiger partial charge in [0.15, 0.2) is 5.16 Å². The van der Waals surface area contributed by atoms with Gasteiger partial charge in [-0.25, -0.2) is 9.37 Å². The van der Waals surface area contributed by atoms with Gasteiger partial charge >= 0.3 is 0 Å². The number of halogens is 1. The van der Waals surface area contributed by atoms with Crippen LogP contribution < -0.4 is 10.2 Å². The highest BCUT2D eigenvalue weighted by Gasteiger charge is 2.17. The largest absolute Gasteiger partial charge is 0.369 e. The Bertz CT molecular complexity index is 998. The zero-order valence-corrected chi connectivity index (χ0v) is 16.4. The molecule has 0 saturated carbocycles. The molecule has 1 amide bonds. The fraction of sp³-hybridized carbons (Fsp3) is 0.238. The minimum absolute atomic E-state index is 0.277. The van der Waals surface area contributed by atoms with Crippen LogP contribution in [-0.4, -0.2) is 34.8 Å². The first-order chi connectivity index (χ1) is 13.7. The molecule has 1 aliphatic rings. The van der Waals surface area contributed by atoms with Crippen LogP contribution in [0.4, 0.5) is 15.8 Å². The Hall–Kier alpha value is -2.80. The third-order valence-electron chi connectivity index (χ3n) is 4.83. The number of carbonyl (C=O) groups is 1. The van der Waals surface area contributed by atoms with E-state index in [4.69, 9.17) is 0 Å². The molecule has 0 unspecified atom stereocenters. The molecule has 4 rings (SSSR count). The molecular weight excluding hydrogens is 375 g/mol. The molecule has 1 aromatic heterocycles. The Morgan fingerprint density at radius 1 is 1.18 bits per heavy atom. The fourth-order valence-electron chi connectivity index (χ4n) is 3.44. The lowest BCUT2D eigenvalue weighted by Gasteiger charge is -2.19. The second kappa shape index (κ2) is 8.06. The molecule has 0 radical (unpaired) electrons. The van der Waals surface area contributed by atoms with Crippen LogP contribution >= 0.6 is 11.8 Å². The van der Waals surface area contributed by atoms with Gasteiger partial charge < -0.3 is 10.2 Å². The van der Waals surface area contributed by atoms with Crippen LogP contribution in [0.1, 0.15) is 23.2 Å². The van der Waals surface area contributed by atoms with Gasteiger partial charge in [0.1, 0.15) is 5.82 Å². The molecule has 5 nitrogen and oxygen atoms in total. The van der Waals surface area contributed by atoms with Crippen molar-refractivity contribution in [3.63, 3.8) is 0 Å². The zero-order valence-electron chi connectivity index (χ0n) is 15.6. The lowest BCUT2D eigenvalue weighted by atomic mass is 10.1. The summed E-state index contributed by atoms with van der Waals surface area (Å²) in [6.45, 7) is 1.75. The van der Waals surface area contributed by atoms with Crippen molar-refractivity contribution in [2.75, 3.05) is 29.6 Å². The van der Waals surface area contributed by atoms with E-state index in [9.17, 15) is 9.18 Å². The van der Waals surface area contributed by atoms with Crippen molar-refractivity contribution in [1.29, 1.82) is 0 Å². The maximum Gasteiger partial charge on any atom is 0.255 e. The number of thioether (sulfide) groups is 1. The topological polar surface area (TPSA) is 50.2 Å². The maximum atomic E-state index is 14.5. The second-order valence-corrected chi connectivity index (χ2v) is 7.42. The average Bonchev–Trinajstić information content (AvgIpc) is 3.40. The first-order valence-corrected chi connectivity index (χ1v) is 10.4. The second-order valence-electron chi connectivity index (χ2n) is 6.65. The highest BCUT2D eigenvalue weighted by molar-refractivity contribution is 7.98. The molecule has 28 heavy (non-hydrogen) atoms. The number of nitrogens with one attached hydrogen (secondary N) is 1. The van der Waals surface area contributed by atoms with Crippen LogP contribution in [0.3, 0.4) is 0 Å². The fourth-order valence-corrected chi connectivity index (χ4v) is 3.97. The number of aromatic nitrogens is 2. The molecule has 1 saturated heterocycles. The average molecular weight is 396 g/mol. The maximum absolute atomic E-state index is 14.5. The number of anilines is 2. The molecule has 2 aromatic carbocycles. The molecule has 1 N–H and O–H groups in total. The molecule has 1 aliphatic heterocycles. The molecule has 0 atom stereocenters. The lowest BCUT2D eigenvalue weighted by Crippen LogP contribution is -2.19. The summed E-state index contributed by atoms with van der Waals surface area (Å²) in [5.74, 6) is -0.586. The van der Waals surface area contributed by atoms with Crippen LogP contribution in [0, 0.1) is 5.82 Å². The Balaban J connectivity index is 1.52. The van der Waals surface area contributed by atoms with Crippen LogP contribution in [0.2, 0.25) is 0 Å². The quantitative estimate of drug-likeness (QED) is 0.641. The summed E-state index contributed by atoms with van der Waals surface area (Å²) >= 11 is 1.53. The lowest BCUT2D eigenvalue weighted by molar-refractivity contribution is 0.102. The number of rotatable bonds is 5. The number of nitrogens with zero attached hydrogens (tertiary/aromatic N) is 3. The van der Waals surface area contributed by atoms with Gasteiger partial charge in [0.2, 0.25) is 0 Å². The number of imidazole rings is 1. The summed E-state index contributed by atoms with van der Waals surface area (Å²) < 4.78 is 16.4. The van der Waals surface area contributed by atoms with E-state index in [0.717, 1.165) is 36.8 Å². The molecule has 3 aromatic rings. The van der Waals surface area contributed by atoms with Crippen LogP contribution in [-0.2, 0) is 0 Å². The van der Waals surface area contributed by atoms with Crippen LogP contribution in [0.5, 0.6) is 0 Å². The number of hydrogen-bond acceptors (Lipinski definition) is 4. The summed E-state index contributed by atoms with van der Waals surface area (Å²) in [5.41, 5.74) is 2.40. The van der Waals surface area contributed by atoms with E-state index in [2.05, 4.69) is 10.3 Å². The van der Waals surface area contributed by atoms with Gasteiger partial charge in [-0.15, -0.1) is 0 Å². The predicted molar refractivity (Wildman–Crippen MR) is 111 cm³/mol. The van der Waals surface area contributed by atoms with Crippen LogP contribution in [0.25, 0.3) is 5.69 Å². The van der Waals surface area contributed by atoms with E-state index >= 15 is 0 Å². The van der Waals surface area contributed by atoms with E-state index in [1.165, 1.54) is 17.8 Å². The van der Waals surface area contributed by atoms with Gasteiger partial charge in [-0.1, -0.05) is 17.8 Å². The van der Waals surface area contributed by atoms with Crippen LogP contribution in [0.15, 0.2) is 60.0 Å². The zero-order chi connectivity index (χ0) is 19.5. The molecule has 0 bridgehead atoms. The van der Waals surface area contributed by atoms with Crippen molar-refractivity contribution >= 4 is 29.0 Å². The molecule has 0 aliphatic carbocycles. The molecule has 7 heteroatoms. The SMILES string of the molecule is CSc1nccn1-c1cccc(C(=O)Nc2ccc(N3CCCC3)c(F)c2)c1. The molecule has 1 fully saturated rings. The highest BCUT2D eigenvalue weighted by atomic mass is 32.2. The van der Waals surface area contributed by atoms with E-state index < -0.39 is 0 Å². The Morgan fingerprint density at radius 2 is 2.00 bits per heavy atom. The molecule has 0 spiro atoms. The summed E-state index contributed by atoms with van der Waals surface area (Å²) in [5, 5.41) is 3.63. The first-order valence-electron chi connectivity index (χ1n) is 9.19. The van der Waals surface area contributed by atoms with Crippen molar-refractivity contribution in [2.45, 2.75) is 18.0 Å². The highest BCUT2D eigenvalue weighted by Crippen LogP contribution is 2.26. The van der Waals surface area contributed by atoms with E-state index in [-0.39, 0.29) is 11.7 Å². The van der Waals surface area contributed by atoms with Gasteiger partial charge in [-0.05, 0) is 55.5 Å². The number of carbonyl (C=O) groups excluding carboxylic acids is 1. The Kier molecular flexibility index (Phi) is 5.34. The van der Waals surface area contributed by atoms with Gasteiger partial charge in [0.05, 0.1) is 5.69 Å². The van der Waals surface area contributed by atoms with E-state index in [1.54, 1.807) is 30.5 Å². The Labute approximate surface area is 167 Å². The van der Waals surface area contributed by atoms with Gasteiger partial charge in [-0.3, -0.25) is 9.36 Å². The van der Waals surface area contributed by atoms with Crippen molar-refractivity contribution in [1.82, 2.24) is 9.55 Å². The third-order valence-corrected chi connectivity index (χ3v) is 5.50. The standard InChI is InChI=1S/C21H21FN4OS/c1-28-21-23-9-12-26(21)17-6-4-5-15(13-17)20(27)24-16-7-8-19(18(22)14-16)25-10-2-3-11-25/h4-9,12-14H,2-3,10-11H2,1H3,(H,24,27). The van der Waals surface area contributed by atoms with Gasteiger partial charge in [0.25, 0.3) is 5.91 Å². The number of amides is 1. The smallest absolute Gasteiger partial charge is 0.255 e. The molecule has 2 heterocycles. The van der Waals surface area contributed by atoms with Gasteiger partial charge in [-0.2, -0.15) is 0 Å².